The molecule has 9 nitrogen and oxygen atoms in total. The summed E-state index contributed by atoms with van der Waals surface area (Å²) >= 11 is 0. The highest BCUT2D eigenvalue weighted by Gasteiger charge is 2.28. The SMILES string of the molecule is COC(=O)c1cccc([N+](=O)[O-])c1CNC1CCC(=O)NC1=O. The van der Waals surface area contributed by atoms with Crippen LogP contribution in [0.1, 0.15) is 28.8 Å². The minimum absolute atomic E-state index is 0.0569. The molecule has 2 rings (SSSR count). The molecule has 23 heavy (non-hydrogen) atoms. The Morgan fingerprint density at radius 2 is 2.22 bits per heavy atom. The standard InChI is InChI=1S/C14H15N3O6/c1-23-14(20)8-3-2-4-11(17(21)22)9(8)7-15-10-5-6-12(18)16-13(10)19/h2-4,10,15H,5-7H2,1H3,(H,16,18,19). The predicted octanol–water partition coefficient (Wildman–Crippen LogP) is 0.276. The largest absolute Gasteiger partial charge is 0.465 e. The van der Waals surface area contributed by atoms with Gasteiger partial charge in [0.2, 0.25) is 11.8 Å². The van der Waals surface area contributed by atoms with Crippen LogP contribution in [0.4, 0.5) is 5.69 Å². The number of amides is 2. The number of piperidine rings is 1. The minimum Gasteiger partial charge on any atom is -0.465 e. The first-order valence-corrected chi connectivity index (χ1v) is 6.85. The smallest absolute Gasteiger partial charge is 0.338 e. The average molecular weight is 321 g/mol. The first kappa shape index (κ1) is 16.6. The van der Waals surface area contributed by atoms with E-state index in [1.807, 2.05) is 0 Å². The van der Waals surface area contributed by atoms with Crippen LogP contribution in [0, 0.1) is 10.1 Å². The first-order valence-electron chi connectivity index (χ1n) is 6.85. The van der Waals surface area contributed by atoms with E-state index in [4.69, 9.17) is 0 Å². The summed E-state index contributed by atoms with van der Waals surface area (Å²) in [7, 11) is 1.18. The Hall–Kier alpha value is -2.81. The second-order valence-electron chi connectivity index (χ2n) is 4.94. The summed E-state index contributed by atoms with van der Waals surface area (Å²) in [5.41, 5.74) is -0.0526. The monoisotopic (exact) mass is 321 g/mol. The number of nitrogens with one attached hydrogen (secondary N) is 2. The van der Waals surface area contributed by atoms with Crippen molar-refractivity contribution >= 4 is 23.5 Å². The number of nitrogens with zero attached hydrogens (tertiary/aromatic N) is 1. The summed E-state index contributed by atoms with van der Waals surface area (Å²) in [5.74, 6) is -1.54. The highest BCUT2D eigenvalue weighted by atomic mass is 16.6. The van der Waals surface area contributed by atoms with Gasteiger partial charge in [-0.2, -0.15) is 0 Å². The van der Waals surface area contributed by atoms with E-state index in [0.29, 0.717) is 6.42 Å². The fraction of sp³-hybridized carbons (Fsp3) is 0.357. The number of methoxy groups -OCH3 is 1. The molecule has 0 aromatic heterocycles. The third-order valence-electron chi connectivity index (χ3n) is 3.52. The Morgan fingerprint density at radius 1 is 1.48 bits per heavy atom. The summed E-state index contributed by atoms with van der Waals surface area (Å²) in [6, 6.07) is 3.42. The van der Waals surface area contributed by atoms with E-state index in [2.05, 4.69) is 15.4 Å². The summed E-state index contributed by atoms with van der Waals surface area (Å²) in [5, 5.41) is 16.2. The van der Waals surface area contributed by atoms with Crippen LogP contribution in [0.2, 0.25) is 0 Å². The second-order valence-corrected chi connectivity index (χ2v) is 4.94. The molecule has 2 amide bonds. The lowest BCUT2D eigenvalue weighted by Crippen LogP contribution is -2.50. The number of ether oxygens (including phenoxy) is 1. The molecule has 1 aromatic carbocycles. The van der Waals surface area contributed by atoms with Gasteiger partial charge in [-0.05, 0) is 12.5 Å². The molecule has 1 atom stereocenters. The van der Waals surface area contributed by atoms with Gasteiger partial charge in [0.25, 0.3) is 5.69 Å². The van der Waals surface area contributed by atoms with Crippen molar-refractivity contribution in [3.05, 3.63) is 39.4 Å². The molecule has 0 aliphatic carbocycles. The molecule has 1 aliphatic heterocycles. The second kappa shape index (κ2) is 6.97. The van der Waals surface area contributed by atoms with Gasteiger partial charge in [-0.3, -0.25) is 25.0 Å². The van der Waals surface area contributed by atoms with Crippen LogP contribution in [-0.2, 0) is 20.9 Å². The molecule has 0 saturated carbocycles. The third-order valence-corrected chi connectivity index (χ3v) is 3.52. The number of hydrogen-bond acceptors (Lipinski definition) is 7. The first-order chi connectivity index (χ1) is 10.9. The third kappa shape index (κ3) is 3.69. The van der Waals surface area contributed by atoms with Gasteiger partial charge < -0.3 is 10.1 Å². The summed E-state index contributed by atoms with van der Waals surface area (Å²) < 4.78 is 4.63. The number of carbonyl (C=O) groups is 3. The Balaban J connectivity index is 2.23. The van der Waals surface area contributed by atoms with Crippen molar-refractivity contribution in [2.24, 2.45) is 0 Å². The number of imide groups is 1. The molecule has 122 valence electrons. The van der Waals surface area contributed by atoms with Crippen molar-refractivity contribution in [3.8, 4) is 0 Å². The van der Waals surface area contributed by atoms with E-state index in [-0.39, 0.29) is 35.7 Å². The Bertz CT molecular complexity index is 672. The molecule has 1 heterocycles. The van der Waals surface area contributed by atoms with Crippen LogP contribution in [-0.4, -0.2) is 35.9 Å². The van der Waals surface area contributed by atoms with E-state index in [1.165, 1.54) is 25.3 Å². The lowest BCUT2D eigenvalue weighted by atomic mass is 10.0. The maximum Gasteiger partial charge on any atom is 0.338 e. The normalized spacial score (nSPS) is 17.5. The minimum atomic E-state index is -0.700. The zero-order valence-corrected chi connectivity index (χ0v) is 12.3. The van der Waals surface area contributed by atoms with Crippen molar-refractivity contribution in [3.63, 3.8) is 0 Å². The summed E-state index contributed by atoms with van der Waals surface area (Å²) in [6.07, 6.45) is 0.475. The lowest BCUT2D eigenvalue weighted by molar-refractivity contribution is -0.385. The maximum absolute atomic E-state index is 11.8. The summed E-state index contributed by atoms with van der Waals surface area (Å²) in [4.78, 5) is 45.1. The number of carbonyl (C=O) groups excluding carboxylic acids is 3. The van der Waals surface area contributed by atoms with Gasteiger partial charge in [-0.25, -0.2) is 4.79 Å². The number of benzene rings is 1. The summed E-state index contributed by atoms with van der Waals surface area (Å²) in [6.45, 7) is -0.0755. The molecule has 0 spiro atoms. The molecular weight excluding hydrogens is 306 g/mol. The zero-order chi connectivity index (χ0) is 17.0. The van der Waals surface area contributed by atoms with Crippen LogP contribution in [0.3, 0.4) is 0 Å². The van der Waals surface area contributed by atoms with Crippen molar-refractivity contribution < 1.29 is 24.0 Å². The Kier molecular flexibility index (Phi) is 5.02. The molecule has 2 N–H and O–H groups in total. The van der Waals surface area contributed by atoms with Gasteiger partial charge in [0.1, 0.15) is 0 Å². The number of rotatable bonds is 5. The Labute approximate surface area is 131 Å². The van der Waals surface area contributed by atoms with Crippen LogP contribution in [0.5, 0.6) is 0 Å². The van der Waals surface area contributed by atoms with E-state index in [9.17, 15) is 24.5 Å². The molecule has 1 fully saturated rings. The van der Waals surface area contributed by atoms with Gasteiger partial charge in [-0.1, -0.05) is 6.07 Å². The van der Waals surface area contributed by atoms with E-state index < -0.39 is 22.8 Å². The average Bonchev–Trinajstić information content (AvgIpc) is 2.53. The molecule has 9 heteroatoms. The van der Waals surface area contributed by atoms with Crippen molar-refractivity contribution in [1.82, 2.24) is 10.6 Å². The van der Waals surface area contributed by atoms with Crippen LogP contribution < -0.4 is 10.6 Å². The number of nitro groups is 1. The molecule has 0 bridgehead atoms. The van der Waals surface area contributed by atoms with Crippen LogP contribution in [0.25, 0.3) is 0 Å². The van der Waals surface area contributed by atoms with Gasteiger partial charge in [-0.15, -0.1) is 0 Å². The molecule has 1 saturated heterocycles. The van der Waals surface area contributed by atoms with Gasteiger partial charge in [0, 0.05) is 19.0 Å². The number of esters is 1. The molecule has 1 unspecified atom stereocenters. The lowest BCUT2D eigenvalue weighted by Gasteiger charge is -2.22. The number of nitro benzene ring substituents is 1. The van der Waals surface area contributed by atoms with E-state index >= 15 is 0 Å². The van der Waals surface area contributed by atoms with Gasteiger partial charge in [0.05, 0.1) is 29.2 Å². The van der Waals surface area contributed by atoms with Gasteiger partial charge >= 0.3 is 5.97 Å². The molecule has 0 radical (unpaired) electrons. The Morgan fingerprint density at radius 3 is 2.83 bits per heavy atom. The topological polar surface area (TPSA) is 128 Å². The van der Waals surface area contributed by atoms with Crippen molar-refractivity contribution in [1.29, 1.82) is 0 Å². The molecular formula is C14H15N3O6. The van der Waals surface area contributed by atoms with Crippen LogP contribution in [0.15, 0.2) is 18.2 Å². The van der Waals surface area contributed by atoms with Crippen molar-refractivity contribution in [2.75, 3.05) is 7.11 Å². The highest BCUT2D eigenvalue weighted by molar-refractivity contribution is 6.00. The van der Waals surface area contributed by atoms with Gasteiger partial charge in [0.15, 0.2) is 0 Å². The fourth-order valence-corrected chi connectivity index (χ4v) is 2.35. The quantitative estimate of drug-likeness (QED) is 0.345. The molecule has 1 aliphatic rings. The van der Waals surface area contributed by atoms with E-state index in [1.54, 1.807) is 0 Å². The zero-order valence-electron chi connectivity index (χ0n) is 12.3. The van der Waals surface area contributed by atoms with Crippen LogP contribution >= 0.6 is 0 Å². The fourth-order valence-electron chi connectivity index (χ4n) is 2.35. The van der Waals surface area contributed by atoms with Crippen molar-refractivity contribution in [2.45, 2.75) is 25.4 Å². The number of hydrogen-bond donors (Lipinski definition) is 2. The predicted molar refractivity (Wildman–Crippen MR) is 77.4 cm³/mol. The highest BCUT2D eigenvalue weighted by Crippen LogP contribution is 2.23. The molecule has 1 aromatic rings. The van der Waals surface area contributed by atoms with E-state index in [0.717, 1.165) is 0 Å². The maximum atomic E-state index is 11.8.